The fourth-order valence-electron chi connectivity index (χ4n) is 4.64. The Bertz CT molecular complexity index is 745. The maximum Gasteiger partial charge on any atom is 0.305 e. The van der Waals surface area contributed by atoms with E-state index in [9.17, 15) is 15.0 Å². The summed E-state index contributed by atoms with van der Waals surface area (Å²) in [5.74, 6) is 0.716. The summed E-state index contributed by atoms with van der Waals surface area (Å²) in [7, 11) is 1.40. The number of benzene rings is 1. The molecule has 6 heteroatoms. The molecule has 1 aromatic rings. The van der Waals surface area contributed by atoms with Gasteiger partial charge in [-0.1, -0.05) is 50.1 Å². The van der Waals surface area contributed by atoms with Gasteiger partial charge in [0.15, 0.2) is 0 Å². The molecule has 1 aromatic carbocycles. The van der Waals surface area contributed by atoms with Crippen molar-refractivity contribution >= 4 is 5.97 Å². The summed E-state index contributed by atoms with van der Waals surface area (Å²) in [6, 6.07) is 6.06. The molecule has 30 heavy (non-hydrogen) atoms. The van der Waals surface area contributed by atoms with Crippen LogP contribution in [0.2, 0.25) is 0 Å². The van der Waals surface area contributed by atoms with Gasteiger partial charge in [-0.25, -0.2) is 0 Å². The Morgan fingerprint density at radius 1 is 1.40 bits per heavy atom. The molecule has 0 saturated heterocycles. The van der Waals surface area contributed by atoms with Crippen LogP contribution in [0, 0.1) is 50.0 Å². The maximum atomic E-state index is 11.5. The molecule has 1 aliphatic heterocycles. The van der Waals surface area contributed by atoms with Gasteiger partial charge in [-0.15, -0.1) is 0 Å². The molecule has 1 fully saturated rings. The predicted octanol–water partition coefficient (Wildman–Crippen LogP) is 3.91. The van der Waals surface area contributed by atoms with Crippen molar-refractivity contribution in [3.05, 3.63) is 41.5 Å². The molecular weight excluding hydrogens is 595 g/mol. The standard InChI is InChI=1S/C24H34O5.Ac/c1-4-5-13-24(2,27)14-7-10-17-19(25)15-20-22(17)18-9-6-8-16(23(18)29-20)11-12-21(26)28-3;/h6-10,17,19-20,22,25,27H,4-5,11-15H2,1-3H3;/b10-7+;/t17-,19+,20-,22-,24?;/m0./s1. The number of methoxy groups -OCH3 is 1. The minimum atomic E-state index is -0.708. The first kappa shape index (κ1) is 25.8. The van der Waals surface area contributed by atoms with Gasteiger partial charge >= 0.3 is 5.97 Å². The zero-order valence-electron chi connectivity index (χ0n) is 18.3. The van der Waals surface area contributed by atoms with Crippen LogP contribution < -0.4 is 4.74 Å². The smallest absolute Gasteiger partial charge is 0.305 e. The number of unbranched alkanes of at least 4 members (excludes halogenated alkanes) is 1. The van der Waals surface area contributed by atoms with Crippen LogP contribution in [0.4, 0.5) is 0 Å². The number of aliphatic hydroxyl groups is 2. The van der Waals surface area contributed by atoms with Crippen molar-refractivity contribution in [2.75, 3.05) is 7.11 Å². The first-order valence-corrected chi connectivity index (χ1v) is 10.8. The summed E-state index contributed by atoms with van der Waals surface area (Å²) in [5, 5.41) is 21.1. The number of hydrogen-bond acceptors (Lipinski definition) is 5. The van der Waals surface area contributed by atoms with E-state index in [1.165, 1.54) is 7.11 Å². The van der Waals surface area contributed by atoms with Gasteiger partial charge in [-0.05, 0) is 31.7 Å². The Balaban J connectivity index is 0.00000320. The van der Waals surface area contributed by atoms with Gasteiger partial charge in [0.1, 0.15) is 11.9 Å². The summed E-state index contributed by atoms with van der Waals surface area (Å²) < 4.78 is 11.0. The van der Waals surface area contributed by atoms with Gasteiger partial charge in [0.25, 0.3) is 0 Å². The Morgan fingerprint density at radius 2 is 2.17 bits per heavy atom. The second-order valence-corrected chi connectivity index (χ2v) is 8.71. The number of aryl methyl sites for hydroxylation is 1. The normalized spacial score (nSPS) is 26.4. The Hall–Kier alpha value is -0.408. The Kier molecular flexibility index (Phi) is 9.87. The van der Waals surface area contributed by atoms with E-state index in [4.69, 9.17) is 9.47 Å². The largest absolute Gasteiger partial charge is 0.489 e. The number of ether oxygens (including phenoxy) is 2. The number of esters is 1. The number of hydrogen-bond donors (Lipinski definition) is 2. The van der Waals surface area contributed by atoms with E-state index in [1.54, 1.807) is 0 Å². The molecule has 3 rings (SSSR count). The van der Waals surface area contributed by atoms with Crippen LogP contribution in [-0.4, -0.2) is 41.1 Å². The number of aliphatic hydroxyl groups excluding tert-OH is 1. The summed E-state index contributed by atoms with van der Waals surface area (Å²) in [6.45, 7) is 4.00. The van der Waals surface area contributed by atoms with E-state index in [0.717, 1.165) is 36.1 Å². The third kappa shape index (κ3) is 6.09. The first-order valence-electron chi connectivity index (χ1n) is 10.8. The molecule has 5 nitrogen and oxygen atoms in total. The van der Waals surface area contributed by atoms with Crippen molar-refractivity contribution < 1.29 is 68.5 Å². The molecule has 0 amide bonds. The van der Waals surface area contributed by atoms with Gasteiger partial charge < -0.3 is 19.7 Å². The molecule has 0 bridgehead atoms. The second kappa shape index (κ2) is 11.5. The van der Waals surface area contributed by atoms with Crippen molar-refractivity contribution in [3.63, 3.8) is 0 Å². The van der Waals surface area contributed by atoms with Crippen LogP contribution in [0.15, 0.2) is 30.4 Å². The number of carbonyl (C=O) groups excluding carboxylic acids is 1. The molecule has 163 valence electrons. The third-order valence-electron chi connectivity index (χ3n) is 6.30. The number of rotatable bonds is 9. The van der Waals surface area contributed by atoms with Gasteiger partial charge in [-0.2, -0.15) is 0 Å². The monoisotopic (exact) mass is 629 g/mol. The minimum Gasteiger partial charge on any atom is -0.489 e. The number of fused-ring (bicyclic) bond motifs is 3. The third-order valence-corrected chi connectivity index (χ3v) is 6.30. The van der Waals surface area contributed by atoms with Crippen LogP contribution in [0.1, 0.15) is 69.4 Å². The van der Waals surface area contributed by atoms with Gasteiger partial charge in [0.05, 0.1) is 18.8 Å². The number of carbonyl (C=O) groups is 1. The average molecular weight is 630 g/mol. The minimum absolute atomic E-state index is 0. The van der Waals surface area contributed by atoms with E-state index in [0.29, 0.717) is 25.7 Å². The van der Waals surface area contributed by atoms with Crippen LogP contribution in [0.5, 0.6) is 5.75 Å². The molecule has 1 unspecified atom stereocenters. The zero-order chi connectivity index (χ0) is 21.0. The maximum absolute atomic E-state index is 11.5. The summed E-state index contributed by atoms with van der Waals surface area (Å²) in [6.07, 6.45) is 8.52. The van der Waals surface area contributed by atoms with E-state index < -0.39 is 11.7 Å². The Labute approximate surface area is 215 Å². The van der Waals surface area contributed by atoms with E-state index >= 15 is 0 Å². The molecule has 1 radical (unpaired) electrons. The van der Waals surface area contributed by atoms with Crippen LogP contribution in [-0.2, 0) is 16.0 Å². The van der Waals surface area contributed by atoms with E-state index in [1.807, 2.05) is 25.1 Å². The molecule has 2 aliphatic rings. The SMILES string of the molecule is CCCCC(C)(O)C/C=C/[C@@H]1[C@H]2c3cccc(CCC(=O)OC)c3O[C@H]2C[C@H]1O.[Ac]. The van der Waals surface area contributed by atoms with Crippen molar-refractivity contribution in [3.8, 4) is 5.75 Å². The number of para-hydroxylation sites is 1. The molecule has 2 N–H and O–H groups in total. The Morgan fingerprint density at radius 3 is 2.87 bits per heavy atom. The first-order chi connectivity index (χ1) is 13.9. The van der Waals surface area contributed by atoms with Gasteiger partial charge in [-0.3, -0.25) is 4.79 Å². The topological polar surface area (TPSA) is 76.0 Å². The molecule has 1 heterocycles. The van der Waals surface area contributed by atoms with Crippen LogP contribution in [0.3, 0.4) is 0 Å². The van der Waals surface area contributed by atoms with Crippen LogP contribution >= 0.6 is 0 Å². The van der Waals surface area contributed by atoms with Crippen LogP contribution in [0.25, 0.3) is 0 Å². The predicted molar refractivity (Wildman–Crippen MR) is 112 cm³/mol. The fraction of sp³-hybridized carbons (Fsp3) is 0.625. The summed E-state index contributed by atoms with van der Waals surface area (Å²) >= 11 is 0. The van der Waals surface area contributed by atoms with E-state index in [-0.39, 0.29) is 68.0 Å². The van der Waals surface area contributed by atoms with Crippen molar-refractivity contribution in [1.82, 2.24) is 0 Å². The van der Waals surface area contributed by atoms with Gasteiger partial charge in [0.2, 0.25) is 0 Å². The van der Waals surface area contributed by atoms with Crippen molar-refractivity contribution in [2.24, 2.45) is 5.92 Å². The molecule has 5 atom stereocenters. The zero-order valence-corrected chi connectivity index (χ0v) is 23.1. The summed E-state index contributed by atoms with van der Waals surface area (Å²) in [4.78, 5) is 11.5. The molecule has 1 saturated carbocycles. The molecule has 0 spiro atoms. The fourth-order valence-corrected chi connectivity index (χ4v) is 4.64. The van der Waals surface area contributed by atoms with Crippen molar-refractivity contribution in [1.29, 1.82) is 0 Å². The van der Waals surface area contributed by atoms with E-state index in [2.05, 4.69) is 19.1 Å². The van der Waals surface area contributed by atoms with Crippen molar-refractivity contribution in [2.45, 2.75) is 82.5 Å². The molecule has 1 aliphatic carbocycles. The molecular formula is C24H34AcO5. The second-order valence-electron chi connectivity index (χ2n) is 8.71. The summed E-state index contributed by atoms with van der Waals surface area (Å²) in [5.41, 5.74) is 1.42. The quantitative estimate of drug-likeness (QED) is 0.320. The van der Waals surface area contributed by atoms with Gasteiger partial charge in [0, 0.05) is 74.3 Å². The average Bonchev–Trinajstić information content (AvgIpc) is 3.20. The molecule has 0 aromatic heterocycles.